The highest BCUT2D eigenvalue weighted by Crippen LogP contribution is 2.29. The van der Waals surface area contributed by atoms with Gasteiger partial charge in [-0.2, -0.15) is 0 Å². The first kappa shape index (κ1) is 11.8. The minimum absolute atomic E-state index is 0.854. The molecule has 16 heavy (non-hydrogen) atoms. The summed E-state index contributed by atoms with van der Waals surface area (Å²) in [7, 11) is 0. The van der Waals surface area contributed by atoms with Gasteiger partial charge in [0.05, 0.1) is 0 Å². The fourth-order valence-corrected chi connectivity index (χ4v) is 2.63. The van der Waals surface area contributed by atoms with Gasteiger partial charge in [-0.25, -0.2) is 0 Å². The van der Waals surface area contributed by atoms with E-state index < -0.39 is 0 Å². The predicted octanol–water partition coefficient (Wildman–Crippen LogP) is 4.33. The highest BCUT2D eigenvalue weighted by molar-refractivity contribution is 14.1. The van der Waals surface area contributed by atoms with E-state index in [-0.39, 0.29) is 0 Å². The Balaban J connectivity index is 2.20. The van der Waals surface area contributed by atoms with Crippen LogP contribution in [-0.2, 0) is 0 Å². The number of nitrogen functional groups attached to an aromatic ring is 1. The maximum atomic E-state index is 5.79. The molecule has 82 valence electrons. The number of rotatable bonds is 2. The summed E-state index contributed by atoms with van der Waals surface area (Å²) in [4.78, 5) is 2.48. The van der Waals surface area contributed by atoms with Crippen LogP contribution in [0.25, 0.3) is 0 Å². The lowest BCUT2D eigenvalue weighted by Crippen LogP contribution is -1.88. The van der Waals surface area contributed by atoms with Crippen molar-refractivity contribution in [1.82, 2.24) is 0 Å². The topological polar surface area (TPSA) is 26.0 Å². The van der Waals surface area contributed by atoms with Gasteiger partial charge in [-0.1, -0.05) is 11.8 Å². The van der Waals surface area contributed by atoms with Crippen LogP contribution < -0.4 is 5.73 Å². The van der Waals surface area contributed by atoms with Gasteiger partial charge in [0.2, 0.25) is 0 Å². The first-order valence-corrected chi connectivity index (χ1v) is 6.84. The van der Waals surface area contributed by atoms with Crippen LogP contribution in [0.4, 0.5) is 5.69 Å². The zero-order chi connectivity index (χ0) is 11.5. The predicted molar refractivity (Wildman–Crippen MR) is 78.9 cm³/mol. The van der Waals surface area contributed by atoms with Gasteiger partial charge in [0.1, 0.15) is 0 Å². The van der Waals surface area contributed by atoms with E-state index in [0.717, 1.165) is 11.3 Å². The Kier molecular flexibility index (Phi) is 3.76. The van der Waals surface area contributed by atoms with Crippen molar-refractivity contribution in [3.05, 3.63) is 51.6 Å². The molecule has 0 atom stereocenters. The molecule has 0 saturated carbocycles. The van der Waals surface area contributed by atoms with E-state index in [4.69, 9.17) is 5.73 Å². The van der Waals surface area contributed by atoms with Gasteiger partial charge >= 0.3 is 0 Å². The Morgan fingerprint density at radius 2 is 1.62 bits per heavy atom. The van der Waals surface area contributed by atoms with E-state index in [2.05, 4.69) is 59.0 Å². The number of benzene rings is 2. The second-order valence-electron chi connectivity index (χ2n) is 3.57. The van der Waals surface area contributed by atoms with Crippen molar-refractivity contribution in [3.8, 4) is 0 Å². The van der Waals surface area contributed by atoms with Crippen molar-refractivity contribution >= 4 is 40.0 Å². The largest absolute Gasteiger partial charge is 0.399 e. The van der Waals surface area contributed by atoms with Gasteiger partial charge in [-0.05, 0) is 77.5 Å². The van der Waals surface area contributed by atoms with E-state index in [9.17, 15) is 0 Å². The summed E-state index contributed by atoms with van der Waals surface area (Å²) in [5, 5.41) is 0. The molecule has 2 N–H and O–H groups in total. The minimum atomic E-state index is 0.854. The number of nitrogens with two attached hydrogens (primary N) is 1. The summed E-state index contributed by atoms with van der Waals surface area (Å²) in [5.41, 5.74) is 7.78. The average molecular weight is 341 g/mol. The van der Waals surface area contributed by atoms with Gasteiger partial charge in [0.15, 0.2) is 0 Å². The van der Waals surface area contributed by atoms with Crippen LogP contribution in [-0.4, -0.2) is 0 Å². The van der Waals surface area contributed by atoms with Crippen LogP contribution in [0.15, 0.2) is 52.3 Å². The Morgan fingerprint density at radius 1 is 1.00 bits per heavy atom. The second-order valence-corrected chi connectivity index (χ2v) is 5.97. The van der Waals surface area contributed by atoms with Crippen molar-refractivity contribution in [1.29, 1.82) is 0 Å². The van der Waals surface area contributed by atoms with Crippen LogP contribution in [0, 0.1) is 10.5 Å². The number of halogens is 1. The molecule has 0 bridgehead atoms. The van der Waals surface area contributed by atoms with Crippen LogP contribution in [0.1, 0.15) is 5.56 Å². The Hall–Kier alpha value is -0.680. The number of anilines is 1. The molecule has 0 aliphatic heterocycles. The van der Waals surface area contributed by atoms with E-state index in [1.54, 1.807) is 11.8 Å². The monoisotopic (exact) mass is 341 g/mol. The van der Waals surface area contributed by atoms with E-state index in [1.807, 2.05) is 13.0 Å². The lowest BCUT2D eigenvalue weighted by molar-refractivity contribution is 1.35. The molecular formula is C13H12INS. The summed E-state index contributed by atoms with van der Waals surface area (Å²) < 4.78 is 1.26. The third-order valence-electron chi connectivity index (χ3n) is 2.29. The molecule has 0 radical (unpaired) electrons. The second kappa shape index (κ2) is 5.10. The third kappa shape index (κ3) is 2.92. The maximum absolute atomic E-state index is 5.79. The molecule has 0 aliphatic rings. The summed E-state index contributed by atoms with van der Waals surface area (Å²) in [6, 6.07) is 14.7. The molecule has 0 unspecified atom stereocenters. The molecule has 0 heterocycles. The van der Waals surface area contributed by atoms with Crippen molar-refractivity contribution in [3.63, 3.8) is 0 Å². The van der Waals surface area contributed by atoms with Gasteiger partial charge in [0, 0.05) is 19.0 Å². The molecule has 3 heteroatoms. The molecule has 0 fully saturated rings. The highest BCUT2D eigenvalue weighted by Gasteiger charge is 1.99. The van der Waals surface area contributed by atoms with Crippen molar-refractivity contribution < 1.29 is 0 Å². The number of aryl methyl sites for hydroxylation is 1. The standard InChI is InChI=1S/C13H12INS/c1-9-8-12(6-7-13(9)15)16-11-4-2-10(14)3-5-11/h2-8H,15H2,1H3. The molecule has 0 spiro atoms. The van der Waals surface area contributed by atoms with E-state index in [1.165, 1.54) is 13.4 Å². The minimum Gasteiger partial charge on any atom is -0.399 e. The summed E-state index contributed by atoms with van der Waals surface area (Å²) in [5.74, 6) is 0. The smallest absolute Gasteiger partial charge is 0.0344 e. The average Bonchev–Trinajstić information content (AvgIpc) is 2.27. The normalized spacial score (nSPS) is 10.4. The van der Waals surface area contributed by atoms with Gasteiger partial charge in [-0.3, -0.25) is 0 Å². The van der Waals surface area contributed by atoms with Gasteiger partial charge in [0.25, 0.3) is 0 Å². The Labute approximate surface area is 114 Å². The van der Waals surface area contributed by atoms with E-state index >= 15 is 0 Å². The third-order valence-corrected chi connectivity index (χ3v) is 4.01. The summed E-state index contributed by atoms with van der Waals surface area (Å²) >= 11 is 4.07. The first-order valence-electron chi connectivity index (χ1n) is 4.95. The van der Waals surface area contributed by atoms with Crippen molar-refractivity contribution in [2.24, 2.45) is 0 Å². The number of hydrogen-bond acceptors (Lipinski definition) is 2. The van der Waals surface area contributed by atoms with Crippen molar-refractivity contribution in [2.75, 3.05) is 5.73 Å². The maximum Gasteiger partial charge on any atom is 0.0344 e. The van der Waals surface area contributed by atoms with Crippen molar-refractivity contribution in [2.45, 2.75) is 16.7 Å². The lowest BCUT2D eigenvalue weighted by atomic mass is 10.2. The molecule has 1 nitrogen and oxygen atoms in total. The molecule has 0 aliphatic carbocycles. The Morgan fingerprint density at radius 3 is 2.25 bits per heavy atom. The molecular weight excluding hydrogens is 329 g/mol. The SMILES string of the molecule is Cc1cc(Sc2ccc(I)cc2)ccc1N. The quantitative estimate of drug-likeness (QED) is 0.650. The molecule has 2 rings (SSSR count). The molecule has 0 aromatic heterocycles. The Bertz CT molecular complexity index is 494. The van der Waals surface area contributed by atoms with E-state index in [0.29, 0.717) is 0 Å². The zero-order valence-corrected chi connectivity index (χ0v) is 11.9. The summed E-state index contributed by atoms with van der Waals surface area (Å²) in [6.45, 7) is 2.04. The fourth-order valence-electron chi connectivity index (χ4n) is 1.35. The van der Waals surface area contributed by atoms with Gasteiger partial charge in [-0.15, -0.1) is 0 Å². The van der Waals surface area contributed by atoms with Crippen LogP contribution >= 0.6 is 34.4 Å². The highest BCUT2D eigenvalue weighted by atomic mass is 127. The molecule has 2 aromatic carbocycles. The van der Waals surface area contributed by atoms with Crippen LogP contribution in [0.5, 0.6) is 0 Å². The van der Waals surface area contributed by atoms with Crippen LogP contribution in [0.2, 0.25) is 0 Å². The molecule has 0 saturated heterocycles. The zero-order valence-electron chi connectivity index (χ0n) is 8.91. The summed E-state index contributed by atoms with van der Waals surface area (Å²) in [6.07, 6.45) is 0. The molecule has 2 aromatic rings. The first-order chi connectivity index (χ1) is 7.65. The molecule has 0 amide bonds. The van der Waals surface area contributed by atoms with Gasteiger partial charge < -0.3 is 5.73 Å². The fraction of sp³-hybridized carbons (Fsp3) is 0.0769. The van der Waals surface area contributed by atoms with Crippen LogP contribution in [0.3, 0.4) is 0 Å². The lowest BCUT2D eigenvalue weighted by Gasteiger charge is -2.05. The number of hydrogen-bond donors (Lipinski definition) is 1.